The normalized spacial score (nSPS) is 11.3. The lowest BCUT2D eigenvalue weighted by atomic mass is 10.1. The van der Waals surface area contributed by atoms with Crippen LogP contribution in [0.3, 0.4) is 0 Å². The average Bonchev–Trinajstić information content (AvgIpc) is 3.04. The molecule has 0 saturated heterocycles. The molecule has 7 heteroatoms. The van der Waals surface area contributed by atoms with Crippen LogP contribution in [-0.2, 0) is 13.1 Å². The van der Waals surface area contributed by atoms with Crippen molar-refractivity contribution >= 4 is 23.2 Å². The molecule has 0 unspecified atom stereocenters. The van der Waals surface area contributed by atoms with Crippen LogP contribution < -0.4 is 10.6 Å². The summed E-state index contributed by atoms with van der Waals surface area (Å²) in [5, 5.41) is 9.26. The minimum Gasteiger partial charge on any atom is -0.357 e. The number of rotatable bonds is 7. The standard InChI is InChI=1S/C19H27N5OS/c1-5-20-18(25)16-9-7-15(8-10-16)11-22-19(21-6-2)24(4)12-17-13-26-14(3)23-17/h7-10,13H,5-6,11-12H2,1-4H3,(H,20,25)(H,21,22). The van der Waals surface area contributed by atoms with Gasteiger partial charge in [0.1, 0.15) is 0 Å². The monoisotopic (exact) mass is 373 g/mol. The summed E-state index contributed by atoms with van der Waals surface area (Å²) in [6.07, 6.45) is 0. The second-order valence-electron chi connectivity index (χ2n) is 5.94. The number of thiazole rings is 1. The Labute approximate surface area is 159 Å². The van der Waals surface area contributed by atoms with Gasteiger partial charge in [0.25, 0.3) is 5.91 Å². The van der Waals surface area contributed by atoms with Gasteiger partial charge in [-0.2, -0.15) is 0 Å². The number of nitrogens with one attached hydrogen (secondary N) is 2. The number of hydrogen-bond donors (Lipinski definition) is 2. The van der Waals surface area contributed by atoms with E-state index in [1.165, 1.54) is 0 Å². The summed E-state index contributed by atoms with van der Waals surface area (Å²) in [6.45, 7) is 8.67. The number of nitrogens with zero attached hydrogens (tertiary/aromatic N) is 3. The molecule has 1 heterocycles. The zero-order chi connectivity index (χ0) is 18.9. The number of aryl methyl sites for hydroxylation is 1. The van der Waals surface area contributed by atoms with E-state index in [-0.39, 0.29) is 5.91 Å². The topological polar surface area (TPSA) is 69.6 Å². The molecule has 0 bridgehead atoms. The predicted molar refractivity (Wildman–Crippen MR) is 108 cm³/mol. The van der Waals surface area contributed by atoms with Gasteiger partial charge in [0.2, 0.25) is 0 Å². The maximum atomic E-state index is 11.8. The molecule has 26 heavy (non-hydrogen) atoms. The van der Waals surface area contributed by atoms with Crippen molar-refractivity contribution in [1.29, 1.82) is 0 Å². The van der Waals surface area contributed by atoms with E-state index in [0.717, 1.165) is 28.8 Å². The van der Waals surface area contributed by atoms with Crippen LogP contribution in [-0.4, -0.2) is 41.9 Å². The van der Waals surface area contributed by atoms with Crippen LogP contribution in [0.4, 0.5) is 0 Å². The van der Waals surface area contributed by atoms with Crippen molar-refractivity contribution < 1.29 is 4.79 Å². The third-order valence-corrected chi connectivity index (χ3v) is 4.55. The molecule has 0 aliphatic heterocycles. The molecular formula is C19H27N5OS. The van der Waals surface area contributed by atoms with Crippen LogP contribution in [0.2, 0.25) is 0 Å². The lowest BCUT2D eigenvalue weighted by molar-refractivity contribution is 0.0956. The Morgan fingerprint density at radius 3 is 2.46 bits per heavy atom. The molecule has 140 valence electrons. The highest BCUT2D eigenvalue weighted by atomic mass is 32.1. The summed E-state index contributed by atoms with van der Waals surface area (Å²) in [6, 6.07) is 7.57. The SMILES string of the molecule is CCNC(=O)c1ccc(CN=C(NCC)N(C)Cc2csc(C)n2)cc1. The van der Waals surface area contributed by atoms with E-state index in [4.69, 9.17) is 4.99 Å². The van der Waals surface area contributed by atoms with E-state index in [9.17, 15) is 4.79 Å². The Balaban J connectivity index is 2.02. The summed E-state index contributed by atoms with van der Waals surface area (Å²) < 4.78 is 0. The van der Waals surface area contributed by atoms with Crippen LogP contribution in [0.5, 0.6) is 0 Å². The van der Waals surface area contributed by atoms with Crippen molar-refractivity contribution in [2.24, 2.45) is 4.99 Å². The van der Waals surface area contributed by atoms with Gasteiger partial charge in [-0.25, -0.2) is 9.98 Å². The van der Waals surface area contributed by atoms with E-state index in [1.54, 1.807) is 11.3 Å². The number of guanidine groups is 1. The molecule has 1 amide bonds. The van der Waals surface area contributed by atoms with Crippen molar-refractivity contribution in [2.45, 2.75) is 33.9 Å². The average molecular weight is 374 g/mol. The summed E-state index contributed by atoms with van der Waals surface area (Å²) in [5.74, 6) is 0.792. The first kappa shape index (κ1) is 19.9. The van der Waals surface area contributed by atoms with Gasteiger partial charge in [-0.05, 0) is 38.5 Å². The van der Waals surface area contributed by atoms with Crippen LogP contribution >= 0.6 is 11.3 Å². The third kappa shape index (κ3) is 5.84. The lowest BCUT2D eigenvalue weighted by Crippen LogP contribution is -2.38. The largest absolute Gasteiger partial charge is 0.357 e. The van der Waals surface area contributed by atoms with Crippen molar-refractivity contribution in [3.8, 4) is 0 Å². The Morgan fingerprint density at radius 1 is 1.19 bits per heavy atom. The van der Waals surface area contributed by atoms with E-state index in [2.05, 4.69) is 32.8 Å². The maximum absolute atomic E-state index is 11.8. The molecule has 0 fully saturated rings. The van der Waals surface area contributed by atoms with Crippen LogP contribution in [0.15, 0.2) is 34.6 Å². The quantitative estimate of drug-likeness (QED) is 0.578. The Bertz CT molecular complexity index is 739. The molecule has 2 aromatic rings. The minimum atomic E-state index is -0.0471. The van der Waals surface area contributed by atoms with Gasteiger partial charge in [-0.15, -0.1) is 11.3 Å². The van der Waals surface area contributed by atoms with Crippen LogP contribution in [0.25, 0.3) is 0 Å². The molecule has 0 saturated carbocycles. The smallest absolute Gasteiger partial charge is 0.251 e. The molecule has 0 aliphatic rings. The van der Waals surface area contributed by atoms with Gasteiger partial charge in [-0.3, -0.25) is 4.79 Å². The molecule has 1 aromatic heterocycles. The lowest BCUT2D eigenvalue weighted by Gasteiger charge is -2.21. The highest BCUT2D eigenvalue weighted by molar-refractivity contribution is 7.09. The van der Waals surface area contributed by atoms with Crippen LogP contribution in [0.1, 0.15) is 40.5 Å². The van der Waals surface area contributed by atoms with E-state index in [1.807, 2.05) is 45.2 Å². The molecule has 0 radical (unpaired) electrons. The second kappa shape index (κ2) is 9.91. The number of amides is 1. The number of carbonyl (C=O) groups is 1. The molecule has 0 aliphatic carbocycles. The van der Waals surface area contributed by atoms with Crippen molar-refractivity contribution in [3.63, 3.8) is 0 Å². The van der Waals surface area contributed by atoms with Gasteiger partial charge in [-0.1, -0.05) is 12.1 Å². The Hall–Kier alpha value is -2.41. The zero-order valence-electron chi connectivity index (χ0n) is 15.9. The molecule has 1 aromatic carbocycles. The molecule has 0 spiro atoms. The summed E-state index contributed by atoms with van der Waals surface area (Å²) in [7, 11) is 2.01. The first-order chi connectivity index (χ1) is 12.5. The van der Waals surface area contributed by atoms with Gasteiger partial charge in [0.05, 0.1) is 23.8 Å². The van der Waals surface area contributed by atoms with Crippen LogP contribution in [0, 0.1) is 6.92 Å². The fourth-order valence-corrected chi connectivity index (χ4v) is 3.06. The maximum Gasteiger partial charge on any atom is 0.251 e. The first-order valence-electron chi connectivity index (χ1n) is 8.81. The van der Waals surface area contributed by atoms with Crippen molar-refractivity contribution in [2.75, 3.05) is 20.1 Å². The molecule has 6 nitrogen and oxygen atoms in total. The number of aromatic nitrogens is 1. The fraction of sp³-hybridized carbons (Fsp3) is 0.421. The van der Waals surface area contributed by atoms with Gasteiger partial charge in [0.15, 0.2) is 5.96 Å². The van der Waals surface area contributed by atoms with Gasteiger partial charge < -0.3 is 15.5 Å². The number of carbonyl (C=O) groups excluding carboxylic acids is 1. The van der Waals surface area contributed by atoms with E-state index in [0.29, 0.717) is 25.2 Å². The number of benzene rings is 1. The first-order valence-corrected chi connectivity index (χ1v) is 9.69. The molecule has 2 rings (SSSR count). The van der Waals surface area contributed by atoms with Crippen molar-refractivity contribution in [1.82, 2.24) is 20.5 Å². The predicted octanol–water partition coefficient (Wildman–Crippen LogP) is 2.80. The minimum absolute atomic E-state index is 0.0471. The molecular weight excluding hydrogens is 346 g/mol. The second-order valence-corrected chi connectivity index (χ2v) is 7.00. The number of aliphatic imine (C=N–C) groups is 1. The highest BCUT2D eigenvalue weighted by Gasteiger charge is 2.09. The summed E-state index contributed by atoms with van der Waals surface area (Å²) in [5.41, 5.74) is 2.78. The Morgan fingerprint density at radius 2 is 1.88 bits per heavy atom. The summed E-state index contributed by atoms with van der Waals surface area (Å²) in [4.78, 5) is 23.1. The van der Waals surface area contributed by atoms with E-state index >= 15 is 0 Å². The molecule has 0 atom stereocenters. The van der Waals surface area contributed by atoms with Gasteiger partial charge in [0, 0.05) is 31.1 Å². The zero-order valence-corrected chi connectivity index (χ0v) is 16.7. The van der Waals surface area contributed by atoms with Gasteiger partial charge >= 0.3 is 0 Å². The molecule has 2 N–H and O–H groups in total. The summed E-state index contributed by atoms with van der Waals surface area (Å²) >= 11 is 1.66. The number of hydrogen-bond acceptors (Lipinski definition) is 4. The van der Waals surface area contributed by atoms with Crippen molar-refractivity contribution in [3.05, 3.63) is 51.5 Å². The third-order valence-electron chi connectivity index (χ3n) is 3.73. The Kier molecular flexibility index (Phi) is 7.59. The highest BCUT2D eigenvalue weighted by Crippen LogP contribution is 2.10. The van der Waals surface area contributed by atoms with E-state index < -0.39 is 0 Å². The fourth-order valence-electron chi connectivity index (χ4n) is 2.46.